The van der Waals surface area contributed by atoms with Crippen molar-refractivity contribution in [2.75, 3.05) is 0 Å². The fourth-order valence-corrected chi connectivity index (χ4v) is 1.85. The lowest BCUT2D eigenvalue weighted by Crippen LogP contribution is -2.11. The van der Waals surface area contributed by atoms with E-state index in [-0.39, 0.29) is 10.0 Å². The van der Waals surface area contributed by atoms with Crippen LogP contribution >= 0.6 is 15.9 Å². The number of aryl methyl sites for hydroxylation is 1. The van der Waals surface area contributed by atoms with Gasteiger partial charge in [-0.3, -0.25) is 0 Å². The number of rotatable bonds is 1. The minimum Gasteiger partial charge on any atom is -0.205 e. The molecule has 0 unspecified atom stereocenters. The van der Waals surface area contributed by atoms with Gasteiger partial charge in [0.15, 0.2) is 0 Å². The van der Waals surface area contributed by atoms with E-state index >= 15 is 0 Å². The van der Waals surface area contributed by atoms with Crippen molar-refractivity contribution in [2.24, 2.45) is 0 Å². The normalized spacial score (nSPS) is 12.3. The van der Waals surface area contributed by atoms with Crippen molar-refractivity contribution < 1.29 is 22.0 Å². The molecule has 0 aliphatic rings. The van der Waals surface area contributed by atoms with Crippen molar-refractivity contribution in [3.8, 4) is 0 Å². The van der Waals surface area contributed by atoms with E-state index in [1.54, 1.807) is 0 Å². The van der Waals surface area contributed by atoms with Gasteiger partial charge in [-0.1, -0.05) is 15.9 Å². The van der Waals surface area contributed by atoms with Crippen LogP contribution in [-0.4, -0.2) is 0 Å². The summed E-state index contributed by atoms with van der Waals surface area (Å²) in [5.74, 6) is 0. The Morgan fingerprint density at radius 1 is 1.20 bits per heavy atom. The van der Waals surface area contributed by atoms with Crippen molar-refractivity contribution in [2.45, 2.75) is 19.5 Å². The third kappa shape index (κ3) is 2.68. The lowest BCUT2D eigenvalue weighted by atomic mass is 10.0. The van der Waals surface area contributed by atoms with Crippen LogP contribution in [0.5, 0.6) is 0 Å². The summed E-state index contributed by atoms with van der Waals surface area (Å²) in [6, 6.07) is 1.89. The van der Waals surface area contributed by atoms with Gasteiger partial charge in [0.05, 0.1) is 5.56 Å². The third-order valence-corrected chi connectivity index (χ3v) is 2.33. The summed E-state index contributed by atoms with van der Waals surface area (Å²) in [6.07, 6.45) is -7.89. The molecule has 1 aromatic carbocycles. The van der Waals surface area contributed by atoms with Crippen LogP contribution in [0.25, 0.3) is 0 Å². The van der Waals surface area contributed by atoms with Crippen LogP contribution in [0.1, 0.15) is 23.1 Å². The highest BCUT2D eigenvalue weighted by molar-refractivity contribution is 9.10. The average Bonchev–Trinajstić information content (AvgIpc) is 1.99. The molecule has 0 aliphatic heterocycles. The number of hydrogen-bond donors (Lipinski definition) is 0. The van der Waals surface area contributed by atoms with Crippen molar-refractivity contribution >= 4 is 15.9 Å². The van der Waals surface area contributed by atoms with E-state index in [0.717, 1.165) is 0 Å². The molecule has 0 saturated heterocycles. The standard InChI is InChI=1S/C9H6BrF5/c1-4-2-5(10)3-6(9(13,14)15)7(4)8(11)12/h2-3,8H,1H3. The first-order chi connectivity index (χ1) is 6.73. The lowest BCUT2D eigenvalue weighted by molar-refractivity contribution is -0.139. The predicted octanol–water partition coefficient (Wildman–Crippen LogP) is 4.71. The minimum absolute atomic E-state index is 0.0771. The van der Waals surface area contributed by atoms with Gasteiger partial charge in [-0.15, -0.1) is 0 Å². The quantitative estimate of drug-likeness (QED) is 0.656. The molecule has 0 fully saturated rings. The highest BCUT2D eigenvalue weighted by Gasteiger charge is 2.36. The molecule has 0 nitrogen and oxygen atoms in total. The molecule has 0 aromatic heterocycles. The number of benzene rings is 1. The fourth-order valence-electron chi connectivity index (χ4n) is 1.28. The van der Waals surface area contributed by atoms with E-state index in [1.165, 1.54) is 13.0 Å². The summed E-state index contributed by atoms with van der Waals surface area (Å²) >= 11 is 2.84. The summed E-state index contributed by atoms with van der Waals surface area (Å²) in [5, 5.41) is 0. The molecule has 1 aromatic rings. The number of alkyl halides is 5. The van der Waals surface area contributed by atoms with Crippen LogP contribution in [0.2, 0.25) is 0 Å². The highest BCUT2D eigenvalue weighted by Crippen LogP contribution is 2.39. The molecule has 15 heavy (non-hydrogen) atoms. The van der Waals surface area contributed by atoms with Crippen LogP contribution in [0, 0.1) is 6.92 Å². The van der Waals surface area contributed by atoms with Crippen LogP contribution < -0.4 is 0 Å². The average molecular weight is 289 g/mol. The van der Waals surface area contributed by atoms with Crippen LogP contribution in [0.15, 0.2) is 16.6 Å². The highest BCUT2D eigenvalue weighted by atomic mass is 79.9. The monoisotopic (exact) mass is 288 g/mol. The maximum Gasteiger partial charge on any atom is 0.416 e. The molecule has 0 radical (unpaired) electrons. The summed E-state index contributed by atoms with van der Waals surface area (Å²) in [7, 11) is 0. The molecular weight excluding hydrogens is 283 g/mol. The second kappa shape index (κ2) is 4.08. The van der Waals surface area contributed by atoms with E-state index < -0.39 is 23.7 Å². The first-order valence-corrected chi connectivity index (χ1v) is 4.68. The summed E-state index contributed by atoms with van der Waals surface area (Å²) in [4.78, 5) is 0. The van der Waals surface area contributed by atoms with E-state index in [1.807, 2.05) is 0 Å². The zero-order valence-corrected chi connectivity index (χ0v) is 9.09. The molecule has 0 heterocycles. The van der Waals surface area contributed by atoms with Gasteiger partial charge in [-0.2, -0.15) is 13.2 Å². The zero-order valence-electron chi connectivity index (χ0n) is 7.50. The van der Waals surface area contributed by atoms with Gasteiger partial charge < -0.3 is 0 Å². The molecule has 1 rings (SSSR count). The Bertz CT molecular complexity index is 370. The maximum atomic E-state index is 12.4. The molecule has 0 aliphatic carbocycles. The first-order valence-electron chi connectivity index (χ1n) is 3.89. The summed E-state index contributed by atoms with van der Waals surface area (Å²) in [6.45, 7) is 1.22. The Morgan fingerprint density at radius 2 is 1.73 bits per heavy atom. The van der Waals surface area contributed by atoms with Crippen LogP contribution in [0.3, 0.4) is 0 Å². The Morgan fingerprint density at radius 3 is 2.13 bits per heavy atom. The van der Waals surface area contributed by atoms with Crippen molar-refractivity contribution in [1.82, 2.24) is 0 Å². The summed E-state index contributed by atoms with van der Waals surface area (Å²) < 4.78 is 62.2. The van der Waals surface area contributed by atoms with Crippen molar-refractivity contribution in [3.63, 3.8) is 0 Å². The van der Waals surface area contributed by atoms with Crippen molar-refractivity contribution in [3.05, 3.63) is 33.3 Å². The van der Waals surface area contributed by atoms with E-state index in [2.05, 4.69) is 15.9 Å². The lowest BCUT2D eigenvalue weighted by Gasteiger charge is -2.15. The van der Waals surface area contributed by atoms with Gasteiger partial charge in [0, 0.05) is 10.0 Å². The molecular formula is C9H6BrF5. The number of hydrogen-bond acceptors (Lipinski definition) is 0. The Kier molecular flexibility index (Phi) is 3.38. The van der Waals surface area contributed by atoms with E-state index in [0.29, 0.717) is 6.07 Å². The second-order valence-electron chi connectivity index (χ2n) is 2.98. The molecule has 6 heteroatoms. The van der Waals surface area contributed by atoms with Gasteiger partial charge >= 0.3 is 6.18 Å². The van der Waals surface area contributed by atoms with Gasteiger partial charge in [-0.25, -0.2) is 8.78 Å². The zero-order chi connectivity index (χ0) is 11.8. The largest absolute Gasteiger partial charge is 0.416 e. The van der Waals surface area contributed by atoms with E-state index in [9.17, 15) is 22.0 Å². The predicted molar refractivity (Wildman–Crippen MR) is 48.8 cm³/mol. The third-order valence-electron chi connectivity index (χ3n) is 1.88. The molecule has 0 atom stereocenters. The van der Waals surface area contributed by atoms with Crippen LogP contribution in [0.4, 0.5) is 22.0 Å². The minimum atomic E-state index is -4.76. The van der Waals surface area contributed by atoms with Gasteiger partial charge in [-0.05, 0) is 24.6 Å². The van der Waals surface area contributed by atoms with Gasteiger partial charge in [0.1, 0.15) is 0 Å². The maximum absolute atomic E-state index is 12.4. The summed E-state index contributed by atoms with van der Waals surface area (Å²) in [5.41, 5.74) is -2.32. The number of halogens is 6. The molecule has 0 spiro atoms. The van der Waals surface area contributed by atoms with E-state index in [4.69, 9.17) is 0 Å². The molecule has 0 N–H and O–H groups in total. The van der Waals surface area contributed by atoms with Crippen molar-refractivity contribution in [1.29, 1.82) is 0 Å². The molecule has 84 valence electrons. The molecule has 0 amide bonds. The topological polar surface area (TPSA) is 0 Å². The Balaban J connectivity index is 3.47. The second-order valence-corrected chi connectivity index (χ2v) is 3.90. The van der Waals surface area contributed by atoms with Gasteiger partial charge in [0.25, 0.3) is 6.43 Å². The molecule has 0 bridgehead atoms. The Hall–Kier alpha value is -0.650. The SMILES string of the molecule is Cc1cc(Br)cc(C(F)(F)F)c1C(F)F. The Labute approximate surface area is 91.2 Å². The fraction of sp³-hybridized carbons (Fsp3) is 0.333. The smallest absolute Gasteiger partial charge is 0.205 e. The molecule has 0 saturated carbocycles. The van der Waals surface area contributed by atoms with Crippen LogP contribution in [-0.2, 0) is 6.18 Å². The van der Waals surface area contributed by atoms with Gasteiger partial charge in [0.2, 0.25) is 0 Å². The first kappa shape index (κ1) is 12.4.